The molecule has 4 unspecified atom stereocenters. The highest BCUT2D eigenvalue weighted by Gasteiger charge is 2.57. The van der Waals surface area contributed by atoms with Gasteiger partial charge in [0.2, 0.25) is 0 Å². The molecule has 0 aromatic carbocycles. The molecule has 0 aromatic rings. The minimum atomic E-state index is -0.327. The van der Waals surface area contributed by atoms with Gasteiger partial charge in [0.15, 0.2) is 0 Å². The van der Waals surface area contributed by atoms with Gasteiger partial charge in [0, 0.05) is 6.61 Å². The van der Waals surface area contributed by atoms with E-state index >= 15 is 0 Å². The van der Waals surface area contributed by atoms with Crippen LogP contribution in [0.1, 0.15) is 27.2 Å². The van der Waals surface area contributed by atoms with Gasteiger partial charge in [-0.2, -0.15) is 0 Å². The number of hydrogen-bond acceptors (Lipinski definition) is 3. The maximum absolute atomic E-state index is 10.1. The van der Waals surface area contributed by atoms with Crippen molar-refractivity contribution in [2.75, 3.05) is 13.2 Å². The first-order valence-electron chi connectivity index (χ1n) is 5.46. The molecule has 1 rings (SSSR count). The maximum atomic E-state index is 10.1. The molecule has 14 heavy (non-hydrogen) atoms. The van der Waals surface area contributed by atoms with E-state index in [1.165, 1.54) is 0 Å². The molecular weight excluding hydrogens is 178 g/mol. The van der Waals surface area contributed by atoms with Crippen molar-refractivity contribution >= 4 is 0 Å². The van der Waals surface area contributed by atoms with Gasteiger partial charge in [0.25, 0.3) is 0 Å². The van der Waals surface area contributed by atoms with Crippen molar-refractivity contribution in [3.8, 4) is 0 Å². The molecule has 4 N–H and O–H groups in total. The molecule has 0 saturated heterocycles. The molecule has 0 spiro atoms. The SMILES string of the molecule is CC(CO)C1CC1(C)C(O)[C@H](C)CN. The van der Waals surface area contributed by atoms with Crippen molar-refractivity contribution in [3.05, 3.63) is 0 Å². The zero-order chi connectivity index (χ0) is 10.9. The molecule has 5 atom stereocenters. The second-order valence-electron chi connectivity index (χ2n) is 5.13. The molecule has 0 aromatic heterocycles. The van der Waals surface area contributed by atoms with Crippen LogP contribution >= 0.6 is 0 Å². The first-order chi connectivity index (χ1) is 6.47. The minimum Gasteiger partial charge on any atom is -0.396 e. The topological polar surface area (TPSA) is 66.5 Å². The summed E-state index contributed by atoms with van der Waals surface area (Å²) in [6.45, 7) is 6.85. The molecule has 0 bridgehead atoms. The van der Waals surface area contributed by atoms with Gasteiger partial charge < -0.3 is 15.9 Å². The van der Waals surface area contributed by atoms with Crippen molar-refractivity contribution in [1.29, 1.82) is 0 Å². The number of aliphatic hydroxyl groups excluding tert-OH is 2. The third kappa shape index (κ3) is 1.95. The van der Waals surface area contributed by atoms with Gasteiger partial charge in [-0.05, 0) is 36.1 Å². The van der Waals surface area contributed by atoms with E-state index in [0.29, 0.717) is 18.4 Å². The number of nitrogens with two attached hydrogens (primary N) is 1. The van der Waals surface area contributed by atoms with E-state index in [-0.39, 0.29) is 24.0 Å². The Bertz CT molecular complexity index is 198. The average Bonchev–Trinajstić information content (AvgIpc) is 2.88. The summed E-state index contributed by atoms with van der Waals surface area (Å²) in [5, 5.41) is 19.1. The summed E-state index contributed by atoms with van der Waals surface area (Å²) in [7, 11) is 0. The Balaban J connectivity index is 2.54. The second-order valence-corrected chi connectivity index (χ2v) is 5.13. The largest absolute Gasteiger partial charge is 0.396 e. The number of rotatable bonds is 5. The molecular formula is C11H23NO2. The van der Waals surface area contributed by atoms with E-state index in [4.69, 9.17) is 10.8 Å². The lowest BCUT2D eigenvalue weighted by atomic mass is 9.86. The lowest BCUT2D eigenvalue weighted by Gasteiger charge is -2.26. The molecule has 1 aliphatic carbocycles. The first-order valence-corrected chi connectivity index (χ1v) is 5.46. The molecule has 0 aliphatic heterocycles. The van der Waals surface area contributed by atoms with Crippen LogP contribution < -0.4 is 5.73 Å². The Labute approximate surface area is 86.3 Å². The number of hydrogen-bond donors (Lipinski definition) is 3. The van der Waals surface area contributed by atoms with E-state index in [9.17, 15) is 5.11 Å². The molecule has 0 heterocycles. The van der Waals surface area contributed by atoms with Gasteiger partial charge in [0.05, 0.1) is 6.10 Å². The van der Waals surface area contributed by atoms with E-state index in [0.717, 1.165) is 6.42 Å². The van der Waals surface area contributed by atoms with Crippen molar-refractivity contribution in [2.45, 2.75) is 33.3 Å². The van der Waals surface area contributed by atoms with Gasteiger partial charge in [-0.15, -0.1) is 0 Å². The second kappa shape index (κ2) is 4.17. The van der Waals surface area contributed by atoms with Crippen LogP contribution in [-0.4, -0.2) is 29.5 Å². The van der Waals surface area contributed by atoms with E-state index in [1.807, 2.05) is 13.8 Å². The normalized spacial score (nSPS) is 37.7. The van der Waals surface area contributed by atoms with E-state index in [1.54, 1.807) is 0 Å². The Morgan fingerprint density at radius 3 is 2.50 bits per heavy atom. The van der Waals surface area contributed by atoms with Crippen LogP contribution in [0.2, 0.25) is 0 Å². The van der Waals surface area contributed by atoms with Crippen molar-refractivity contribution in [3.63, 3.8) is 0 Å². The maximum Gasteiger partial charge on any atom is 0.0634 e. The van der Waals surface area contributed by atoms with Gasteiger partial charge in [-0.1, -0.05) is 20.8 Å². The predicted molar refractivity (Wildman–Crippen MR) is 56.7 cm³/mol. The van der Waals surface area contributed by atoms with Gasteiger partial charge in [0.1, 0.15) is 0 Å². The summed E-state index contributed by atoms with van der Waals surface area (Å²) >= 11 is 0. The lowest BCUT2D eigenvalue weighted by Crippen LogP contribution is -2.34. The van der Waals surface area contributed by atoms with Crippen molar-refractivity contribution in [2.24, 2.45) is 28.9 Å². The molecule has 1 aliphatic rings. The summed E-state index contributed by atoms with van der Waals surface area (Å²) < 4.78 is 0. The average molecular weight is 201 g/mol. The summed E-state index contributed by atoms with van der Waals surface area (Å²) in [6, 6.07) is 0. The third-order valence-electron chi connectivity index (χ3n) is 3.91. The lowest BCUT2D eigenvalue weighted by molar-refractivity contribution is 0.0392. The smallest absolute Gasteiger partial charge is 0.0634 e. The molecule has 0 radical (unpaired) electrons. The molecule has 0 amide bonds. The Morgan fingerprint density at radius 2 is 2.07 bits per heavy atom. The van der Waals surface area contributed by atoms with Crippen molar-refractivity contribution in [1.82, 2.24) is 0 Å². The van der Waals surface area contributed by atoms with Crippen LogP contribution in [0.15, 0.2) is 0 Å². The monoisotopic (exact) mass is 201 g/mol. The zero-order valence-corrected chi connectivity index (χ0v) is 9.40. The quantitative estimate of drug-likeness (QED) is 0.610. The molecule has 3 nitrogen and oxygen atoms in total. The van der Waals surface area contributed by atoms with Crippen LogP contribution in [0.3, 0.4) is 0 Å². The highest BCUT2D eigenvalue weighted by Crippen LogP contribution is 2.59. The van der Waals surface area contributed by atoms with Crippen LogP contribution in [0.25, 0.3) is 0 Å². The standard InChI is InChI=1S/C11H23NO2/c1-7(5-12)10(14)11(3)4-9(11)8(2)6-13/h7-10,13-14H,4-6,12H2,1-3H3/t7-,8?,9?,10?,11?/m1/s1. The van der Waals surface area contributed by atoms with Gasteiger partial charge in [-0.3, -0.25) is 0 Å². The van der Waals surface area contributed by atoms with Crippen molar-refractivity contribution < 1.29 is 10.2 Å². The van der Waals surface area contributed by atoms with Crippen LogP contribution in [0, 0.1) is 23.2 Å². The minimum absolute atomic E-state index is 0.0130. The van der Waals surface area contributed by atoms with Crippen LogP contribution in [0.4, 0.5) is 0 Å². The summed E-state index contributed by atoms with van der Waals surface area (Å²) in [5.41, 5.74) is 5.53. The highest BCUT2D eigenvalue weighted by molar-refractivity contribution is 5.06. The van der Waals surface area contributed by atoms with Gasteiger partial charge >= 0.3 is 0 Å². The van der Waals surface area contributed by atoms with Gasteiger partial charge in [-0.25, -0.2) is 0 Å². The molecule has 1 fully saturated rings. The van der Waals surface area contributed by atoms with Crippen LogP contribution in [-0.2, 0) is 0 Å². The zero-order valence-electron chi connectivity index (χ0n) is 9.40. The Morgan fingerprint density at radius 1 is 1.50 bits per heavy atom. The fourth-order valence-electron chi connectivity index (χ4n) is 2.51. The first kappa shape index (κ1) is 12.0. The summed E-state index contributed by atoms with van der Waals surface area (Å²) in [4.78, 5) is 0. The third-order valence-corrected chi connectivity index (χ3v) is 3.91. The summed E-state index contributed by atoms with van der Waals surface area (Å²) in [6.07, 6.45) is 0.687. The number of aliphatic hydroxyl groups is 2. The molecule has 3 heteroatoms. The fourth-order valence-corrected chi connectivity index (χ4v) is 2.51. The van der Waals surface area contributed by atoms with E-state index < -0.39 is 0 Å². The summed E-state index contributed by atoms with van der Waals surface area (Å²) in [5.74, 6) is 0.895. The Kier molecular flexibility index (Phi) is 3.56. The van der Waals surface area contributed by atoms with Crippen LogP contribution in [0.5, 0.6) is 0 Å². The highest BCUT2D eigenvalue weighted by atomic mass is 16.3. The molecule has 1 saturated carbocycles. The molecule has 84 valence electrons. The van der Waals surface area contributed by atoms with E-state index in [2.05, 4.69) is 6.92 Å². The fraction of sp³-hybridized carbons (Fsp3) is 1.00. The Hall–Kier alpha value is -0.120. The predicted octanol–water partition coefficient (Wildman–Crippen LogP) is 0.597.